The van der Waals surface area contributed by atoms with Crippen molar-refractivity contribution in [1.82, 2.24) is 4.98 Å². The van der Waals surface area contributed by atoms with E-state index in [1.54, 1.807) is 6.20 Å². The number of carbonyl (C=O) groups is 1. The number of rotatable bonds is 5. The van der Waals surface area contributed by atoms with E-state index in [0.717, 1.165) is 5.69 Å². The Labute approximate surface area is 117 Å². The van der Waals surface area contributed by atoms with Gasteiger partial charge in [0.05, 0.1) is 12.0 Å². The Bertz CT molecular complexity index is 438. The van der Waals surface area contributed by atoms with Crippen LogP contribution in [0.2, 0.25) is 0 Å². The van der Waals surface area contributed by atoms with Crippen LogP contribution in [-0.2, 0) is 14.9 Å². The summed E-state index contributed by atoms with van der Waals surface area (Å²) < 4.78 is 5.13. The van der Waals surface area contributed by atoms with Crippen LogP contribution in [0.25, 0.3) is 0 Å². The molecule has 0 atom stereocenters. The van der Waals surface area contributed by atoms with Crippen LogP contribution in [0, 0.1) is 5.41 Å². The average molecular weight is 259 g/mol. The molecule has 0 unspecified atom stereocenters. The first-order chi connectivity index (χ1) is 8.69. The number of pyridine rings is 1. The minimum Gasteiger partial charge on any atom is -0.466 e. The molecular weight excluding hydrogens is 237 g/mol. The molecule has 4 heteroatoms. The first kappa shape index (κ1) is 15.7. The van der Waals surface area contributed by atoms with E-state index in [1.807, 2.05) is 32.9 Å². The van der Waals surface area contributed by atoms with E-state index in [-0.39, 0.29) is 11.4 Å². The second-order valence-corrected chi connectivity index (χ2v) is 6.14. The SMILES string of the molecule is [B]c1ccc(C(C)(C)CC(C)(C)C(=O)OCC)nc1. The molecule has 1 heterocycles. The lowest BCUT2D eigenvalue weighted by Gasteiger charge is -2.33. The molecule has 1 aromatic rings. The number of carbonyl (C=O) groups excluding carboxylic acids is 1. The third-order valence-electron chi connectivity index (χ3n) is 3.19. The Morgan fingerprint density at radius 2 is 1.95 bits per heavy atom. The van der Waals surface area contributed by atoms with Crippen molar-refractivity contribution in [2.75, 3.05) is 6.61 Å². The normalized spacial score (nSPS) is 12.3. The minimum absolute atomic E-state index is 0.168. The molecule has 0 aliphatic carbocycles. The van der Waals surface area contributed by atoms with Gasteiger partial charge in [-0.05, 0) is 33.3 Å². The zero-order valence-corrected chi connectivity index (χ0v) is 12.5. The van der Waals surface area contributed by atoms with Gasteiger partial charge in [0, 0.05) is 17.3 Å². The number of esters is 1. The quantitative estimate of drug-likeness (QED) is 0.600. The van der Waals surface area contributed by atoms with Crippen molar-refractivity contribution in [3.63, 3.8) is 0 Å². The van der Waals surface area contributed by atoms with Crippen LogP contribution in [-0.4, -0.2) is 25.4 Å². The van der Waals surface area contributed by atoms with Crippen LogP contribution in [0.5, 0.6) is 0 Å². The van der Waals surface area contributed by atoms with Gasteiger partial charge in [0.2, 0.25) is 0 Å². The Balaban J connectivity index is 2.89. The fourth-order valence-corrected chi connectivity index (χ4v) is 2.40. The van der Waals surface area contributed by atoms with Crippen LogP contribution in [0.15, 0.2) is 18.3 Å². The molecule has 0 spiro atoms. The molecule has 0 N–H and O–H groups in total. The fraction of sp³-hybridized carbons (Fsp3) is 0.600. The number of hydrogen-bond acceptors (Lipinski definition) is 3. The third-order valence-corrected chi connectivity index (χ3v) is 3.19. The fourth-order valence-electron chi connectivity index (χ4n) is 2.40. The second-order valence-electron chi connectivity index (χ2n) is 6.14. The van der Waals surface area contributed by atoms with E-state index in [4.69, 9.17) is 12.6 Å². The van der Waals surface area contributed by atoms with Gasteiger partial charge in [-0.25, -0.2) is 0 Å². The van der Waals surface area contributed by atoms with Gasteiger partial charge in [0.1, 0.15) is 7.85 Å². The molecule has 102 valence electrons. The van der Waals surface area contributed by atoms with Gasteiger partial charge in [0.25, 0.3) is 0 Å². The van der Waals surface area contributed by atoms with Crippen molar-refractivity contribution in [3.05, 3.63) is 24.0 Å². The highest BCUT2D eigenvalue weighted by molar-refractivity contribution is 6.32. The average Bonchev–Trinajstić information content (AvgIpc) is 2.28. The van der Waals surface area contributed by atoms with Crippen molar-refractivity contribution in [2.45, 2.75) is 46.5 Å². The Kier molecular flexibility index (Phi) is 4.78. The van der Waals surface area contributed by atoms with E-state index in [0.29, 0.717) is 18.5 Å². The van der Waals surface area contributed by atoms with E-state index < -0.39 is 5.41 Å². The largest absolute Gasteiger partial charge is 0.466 e. The molecule has 2 radical (unpaired) electrons. The number of ether oxygens (including phenoxy) is 1. The predicted octanol–water partition coefficient (Wildman–Crippen LogP) is 2.13. The summed E-state index contributed by atoms with van der Waals surface area (Å²) in [7, 11) is 5.65. The van der Waals surface area contributed by atoms with E-state index in [2.05, 4.69) is 18.8 Å². The zero-order valence-electron chi connectivity index (χ0n) is 12.5. The van der Waals surface area contributed by atoms with Crippen LogP contribution >= 0.6 is 0 Å². The molecule has 1 rings (SSSR count). The lowest BCUT2D eigenvalue weighted by Crippen LogP contribution is -2.34. The van der Waals surface area contributed by atoms with Crippen molar-refractivity contribution in [3.8, 4) is 0 Å². The lowest BCUT2D eigenvalue weighted by atomic mass is 9.73. The van der Waals surface area contributed by atoms with Crippen molar-refractivity contribution < 1.29 is 9.53 Å². The minimum atomic E-state index is -0.539. The number of hydrogen-bond donors (Lipinski definition) is 0. The maximum atomic E-state index is 12.0. The summed E-state index contributed by atoms with van der Waals surface area (Å²) >= 11 is 0. The summed E-state index contributed by atoms with van der Waals surface area (Å²) in [6.07, 6.45) is 2.31. The molecule has 19 heavy (non-hydrogen) atoms. The zero-order chi connectivity index (χ0) is 14.7. The first-order valence-electron chi connectivity index (χ1n) is 6.58. The van der Waals surface area contributed by atoms with E-state index in [1.165, 1.54) is 0 Å². The number of aromatic nitrogens is 1. The second kappa shape index (κ2) is 5.76. The summed E-state index contributed by atoms with van der Waals surface area (Å²) in [5, 5.41) is 0. The monoisotopic (exact) mass is 259 g/mol. The first-order valence-corrected chi connectivity index (χ1v) is 6.58. The maximum absolute atomic E-state index is 12.0. The number of nitrogens with zero attached hydrogens (tertiary/aromatic N) is 1. The topological polar surface area (TPSA) is 39.2 Å². The van der Waals surface area contributed by atoms with E-state index in [9.17, 15) is 4.79 Å². The van der Waals surface area contributed by atoms with Crippen LogP contribution in [0.1, 0.15) is 46.7 Å². The standard InChI is InChI=1S/C15H22BNO2/c1-6-19-13(18)15(4,5)10-14(2,3)12-8-7-11(16)9-17-12/h7-9H,6,10H2,1-5H3. The molecule has 0 aliphatic heterocycles. The van der Waals surface area contributed by atoms with Crippen LogP contribution < -0.4 is 5.46 Å². The molecule has 3 nitrogen and oxygen atoms in total. The van der Waals surface area contributed by atoms with Crippen LogP contribution in [0.3, 0.4) is 0 Å². The summed E-state index contributed by atoms with van der Waals surface area (Å²) in [5.41, 5.74) is 0.815. The Morgan fingerprint density at radius 3 is 2.42 bits per heavy atom. The Morgan fingerprint density at radius 1 is 1.32 bits per heavy atom. The Hall–Kier alpha value is -1.32. The molecule has 0 amide bonds. The van der Waals surface area contributed by atoms with Gasteiger partial charge >= 0.3 is 5.97 Å². The molecule has 0 aromatic carbocycles. The van der Waals surface area contributed by atoms with Gasteiger partial charge in [-0.1, -0.05) is 25.4 Å². The molecule has 0 saturated carbocycles. The highest BCUT2D eigenvalue weighted by Gasteiger charge is 2.37. The third kappa shape index (κ3) is 4.08. The van der Waals surface area contributed by atoms with Gasteiger partial charge in [-0.15, -0.1) is 0 Å². The van der Waals surface area contributed by atoms with Gasteiger partial charge in [0.15, 0.2) is 0 Å². The van der Waals surface area contributed by atoms with Gasteiger partial charge in [-0.3, -0.25) is 9.78 Å². The molecule has 0 bridgehead atoms. The molecule has 1 aromatic heterocycles. The van der Waals surface area contributed by atoms with Crippen molar-refractivity contribution in [1.29, 1.82) is 0 Å². The molecule has 0 aliphatic rings. The highest BCUT2D eigenvalue weighted by Crippen LogP contribution is 2.36. The highest BCUT2D eigenvalue weighted by atomic mass is 16.5. The van der Waals surface area contributed by atoms with Crippen molar-refractivity contribution >= 4 is 19.3 Å². The van der Waals surface area contributed by atoms with E-state index >= 15 is 0 Å². The van der Waals surface area contributed by atoms with Gasteiger partial charge < -0.3 is 4.74 Å². The van der Waals surface area contributed by atoms with Gasteiger partial charge in [-0.2, -0.15) is 0 Å². The summed E-state index contributed by atoms with van der Waals surface area (Å²) in [6, 6.07) is 3.75. The molecule has 0 fully saturated rings. The molecular formula is C15H22BNO2. The summed E-state index contributed by atoms with van der Waals surface area (Å²) in [4.78, 5) is 16.3. The smallest absolute Gasteiger partial charge is 0.311 e. The van der Waals surface area contributed by atoms with Crippen molar-refractivity contribution in [2.24, 2.45) is 5.41 Å². The van der Waals surface area contributed by atoms with Crippen LogP contribution in [0.4, 0.5) is 0 Å². The maximum Gasteiger partial charge on any atom is 0.311 e. The summed E-state index contributed by atoms with van der Waals surface area (Å²) in [6.45, 7) is 10.2. The summed E-state index contributed by atoms with van der Waals surface area (Å²) in [5.74, 6) is -0.168. The molecule has 0 saturated heterocycles. The lowest BCUT2D eigenvalue weighted by molar-refractivity contribution is -0.154. The predicted molar refractivity (Wildman–Crippen MR) is 77.7 cm³/mol.